The van der Waals surface area contributed by atoms with Crippen LogP contribution in [0.25, 0.3) is 11.1 Å². The van der Waals surface area contributed by atoms with Gasteiger partial charge in [-0.3, -0.25) is 4.79 Å². The molecule has 6 nitrogen and oxygen atoms in total. The molecule has 0 atom stereocenters. The zero-order valence-corrected chi connectivity index (χ0v) is 14.1. The van der Waals surface area contributed by atoms with Crippen molar-refractivity contribution < 1.29 is 17.6 Å². The van der Waals surface area contributed by atoms with Gasteiger partial charge < -0.3 is 4.42 Å². The number of oxazole rings is 1. The van der Waals surface area contributed by atoms with Gasteiger partial charge in [0.25, 0.3) is 0 Å². The summed E-state index contributed by atoms with van der Waals surface area (Å²) < 4.78 is 32.7. The number of sulfonamides is 1. The predicted molar refractivity (Wildman–Crippen MR) is 89.2 cm³/mol. The van der Waals surface area contributed by atoms with E-state index in [1.165, 1.54) is 19.1 Å². The van der Waals surface area contributed by atoms with Gasteiger partial charge in [0.2, 0.25) is 10.0 Å². The lowest BCUT2D eigenvalue weighted by molar-refractivity contribution is 0.101. The van der Waals surface area contributed by atoms with E-state index in [-0.39, 0.29) is 17.2 Å². The normalized spacial score (nSPS) is 11.8. The van der Waals surface area contributed by atoms with E-state index in [9.17, 15) is 13.2 Å². The number of ketones is 1. The number of fused-ring (bicyclic) bond motifs is 1. The van der Waals surface area contributed by atoms with E-state index >= 15 is 0 Å². The number of aromatic nitrogens is 1. The summed E-state index contributed by atoms with van der Waals surface area (Å²) in [5.41, 5.74) is 2.47. The molecule has 0 aliphatic carbocycles. The number of hydrogen-bond acceptors (Lipinski definition) is 5. The summed E-state index contributed by atoms with van der Waals surface area (Å²) >= 11 is 0. The van der Waals surface area contributed by atoms with E-state index in [0.717, 1.165) is 5.56 Å². The molecule has 7 heteroatoms. The molecule has 3 rings (SSSR count). The number of nitrogens with zero attached hydrogens (tertiary/aromatic N) is 1. The molecule has 3 aromatic rings. The molecule has 0 radical (unpaired) electrons. The highest BCUT2D eigenvalue weighted by atomic mass is 32.2. The van der Waals surface area contributed by atoms with Crippen LogP contribution in [0.1, 0.15) is 28.7 Å². The number of aryl methyl sites for hydroxylation is 1. The summed E-state index contributed by atoms with van der Waals surface area (Å²) in [6.45, 7) is 3.27. The quantitative estimate of drug-likeness (QED) is 0.719. The third kappa shape index (κ3) is 3.37. The van der Waals surface area contributed by atoms with Crippen molar-refractivity contribution in [3.8, 4) is 0 Å². The Balaban J connectivity index is 1.81. The van der Waals surface area contributed by atoms with Crippen LogP contribution in [-0.2, 0) is 16.6 Å². The molecule has 1 N–H and O–H groups in total. The smallest absolute Gasteiger partial charge is 0.240 e. The third-order valence-corrected chi connectivity index (χ3v) is 4.98. The largest absolute Gasteiger partial charge is 0.441 e. The average Bonchev–Trinajstić information content (AvgIpc) is 2.92. The van der Waals surface area contributed by atoms with Gasteiger partial charge in [0.05, 0.1) is 4.90 Å². The first-order valence-electron chi connectivity index (χ1n) is 7.32. The standard InChI is InChI=1S/C17H16N2O4S/c1-11(20)14-4-3-5-15(9-14)24(21,22)18-10-13-6-7-17-16(8-13)19-12(2)23-17/h3-9,18H,10H2,1-2H3. The SMILES string of the molecule is CC(=O)c1cccc(S(=O)(=O)NCc2ccc3oc(C)nc3c2)c1. The van der Waals surface area contributed by atoms with Gasteiger partial charge >= 0.3 is 0 Å². The summed E-state index contributed by atoms with van der Waals surface area (Å²) in [6.07, 6.45) is 0. The minimum atomic E-state index is -3.71. The first kappa shape index (κ1) is 16.4. The molecule has 0 aliphatic rings. The van der Waals surface area contributed by atoms with Crippen molar-refractivity contribution in [3.05, 3.63) is 59.5 Å². The van der Waals surface area contributed by atoms with Crippen molar-refractivity contribution in [1.82, 2.24) is 9.71 Å². The lowest BCUT2D eigenvalue weighted by Crippen LogP contribution is -2.23. The summed E-state index contributed by atoms with van der Waals surface area (Å²) in [6, 6.07) is 11.3. The van der Waals surface area contributed by atoms with Crippen LogP contribution in [0.3, 0.4) is 0 Å². The van der Waals surface area contributed by atoms with E-state index in [4.69, 9.17) is 4.42 Å². The van der Waals surface area contributed by atoms with Crippen molar-refractivity contribution in [2.75, 3.05) is 0 Å². The number of rotatable bonds is 5. The summed E-state index contributed by atoms with van der Waals surface area (Å²) in [4.78, 5) is 15.7. The Morgan fingerprint density at radius 2 is 2.00 bits per heavy atom. The molecule has 0 aliphatic heterocycles. The van der Waals surface area contributed by atoms with E-state index in [2.05, 4.69) is 9.71 Å². The Labute approximate surface area is 139 Å². The lowest BCUT2D eigenvalue weighted by Gasteiger charge is -2.08. The molecule has 24 heavy (non-hydrogen) atoms. The minimum Gasteiger partial charge on any atom is -0.441 e. The maximum Gasteiger partial charge on any atom is 0.240 e. The van der Waals surface area contributed by atoms with Crippen molar-refractivity contribution in [2.24, 2.45) is 0 Å². The molecule has 0 amide bonds. The van der Waals surface area contributed by atoms with Crippen LogP contribution in [0.4, 0.5) is 0 Å². The van der Waals surface area contributed by atoms with Gasteiger partial charge in [-0.05, 0) is 36.8 Å². The van der Waals surface area contributed by atoms with Gasteiger partial charge in [-0.2, -0.15) is 0 Å². The van der Waals surface area contributed by atoms with Crippen molar-refractivity contribution in [1.29, 1.82) is 0 Å². The maximum atomic E-state index is 12.4. The summed E-state index contributed by atoms with van der Waals surface area (Å²) in [7, 11) is -3.71. The van der Waals surface area contributed by atoms with Crippen LogP contribution in [0.5, 0.6) is 0 Å². The fourth-order valence-electron chi connectivity index (χ4n) is 2.34. The summed E-state index contributed by atoms with van der Waals surface area (Å²) in [5, 5.41) is 0. The molecular formula is C17H16N2O4S. The van der Waals surface area contributed by atoms with Crippen molar-refractivity contribution in [2.45, 2.75) is 25.3 Å². The first-order valence-corrected chi connectivity index (χ1v) is 8.80. The van der Waals surface area contributed by atoms with E-state index in [0.29, 0.717) is 22.6 Å². The van der Waals surface area contributed by atoms with Gasteiger partial charge in [-0.1, -0.05) is 18.2 Å². The molecule has 2 aromatic carbocycles. The number of hydrogen-bond donors (Lipinski definition) is 1. The van der Waals surface area contributed by atoms with Crippen LogP contribution in [-0.4, -0.2) is 19.2 Å². The highest BCUT2D eigenvalue weighted by molar-refractivity contribution is 7.89. The number of carbonyl (C=O) groups is 1. The van der Waals surface area contributed by atoms with Crippen LogP contribution in [0.2, 0.25) is 0 Å². The van der Waals surface area contributed by atoms with Crippen molar-refractivity contribution >= 4 is 26.9 Å². The lowest BCUT2D eigenvalue weighted by atomic mass is 10.2. The Morgan fingerprint density at radius 1 is 1.21 bits per heavy atom. The van der Waals surface area contributed by atoms with Crippen LogP contribution < -0.4 is 4.72 Å². The van der Waals surface area contributed by atoms with Gasteiger partial charge in [0.1, 0.15) is 5.52 Å². The summed E-state index contributed by atoms with van der Waals surface area (Å²) in [5.74, 6) is 0.377. The topological polar surface area (TPSA) is 89.3 Å². The highest BCUT2D eigenvalue weighted by Gasteiger charge is 2.15. The Kier molecular flexibility index (Phi) is 4.21. The second-order valence-corrected chi connectivity index (χ2v) is 7.21. The predicted octanol–water partition coefficient (Wildman–Crippen LogP) is 2.82. The van der Waals surface area contributed by atoms with E-state index in [1.807, 2.05) is 0 Å². The maximum absolute atomic E-state index is 12.4. The van der Waals surface area contributed by atoms with E-state index in [1.54, 1.807) is 37.3 Å². The van der Waals surface area contributed by atoms with E-state index < -0.39 is 10.0 Å². The third-order valence-electron chi connectivity index (χ3n) is 3.58. The van der Waals surface area contributed by atoms with Crippen molar-refractivity contribution in [3.63, 3.8) is 0 Å². The molecule has 0 spiro atoms. The highest BCUT2D eigenvalue weighted by Crippen LogP contribution is 2.18. The molecule has 0 saturated heterocycles. The molecular weight excluding hydrogens is 328 g/mol. The molecule has 124 valence electrons. The fourth-order valence-corrected chi connectivity index (χ4v) is 3.41. The molecule has 0 bridgehead atoms. The van der Waals surface area contributed by atoms with Gasteiger partial charge in [0.15, 0.2) is 17.3 Å². The first-order chi connectivity index (χ1) is 11.3. The van der Waals surface area contributed by atoms with Gasteiger partial charge in [0, 0.05) is 19.0 Å². The molecule has 1 heterocycles. The molecule has 0 fully saturated rings. The minimum absolute atomic E-state index is 0.0635. The van der Waals surface area contributed by atoms with Crippen LogP contribution in [0.15, 0.2) is 51.8 Å². The second kappa shape index (κ2) is 6.18. The molecule has 1 aromatic heterocycles. The zero-order valence-electron chi connectivity index (χ0n) is 13.2. The number of nitrogens with one attached hydrogen (secondary N) is 1. The van der Waals surface area contributed by atoms with Gasteiger partial charge in [-0.25, -0.2) is 18.1 Å². The number of benzene rings is 2. The Morgan fingerprint density at radius 3 is 2.75 bits per heavy atom. The molecule has 0 unspecified atom stereocenters. The second-order valence-electron chi connectivity index (χ2n) is 5.44. The average molecular weight is 344 g/mol. The fraction of sp³-hybridized carbons (Fsp3) is 0.176. The monoisotopic (exact) mass is 344 g/mol. The van der Waals surface area contributed by atoms with Gasteiger partial charge in [-0.15, -0.1) is 0 Å². The number of carbonyl (C=O) groups excluding carboxylic acids is 1. The van der Waals surface area contributed by atoms with Crippen LogP contribution >= 0.6 is 0 Å². The Hall–Kier alpha value is -2.51. The molecule has 0 saturated carbocycles. The Bertz CT molecular complexity index is 1020. The van der Waals surface area contributed by atoms with Crippen LogP contribution in [0, 0.1) is 6.92 Å². The number of Topliss-reactive ketones (excluding diaryl/α,β-unsaturated/α-hetero) is 1. The zero-order chi connectivity index (χ0) is 17.3.